The number of rotatable bonds is 5. The van der Waals surface area contributed by atoms with Crippen molar-refractivity contribution in [2.45, 2.75) is 38.2 Å². The Morgan fingerprint density at radius 1 is 1.19 bits per heavy atom. The normalized spacial score (nSPS) is 16.1. The summed E-state index contributed by atoms with van der Waals surface area (Å²) in [5.74, 6) is -0.461. The fraction of sp³-hybridized carbons (Fsp3) is 0.409. The Kier molecular flexibility index (Phi) is 5.95. The summed E-state index contributed by atoms with van der Waals surface area (Å²) >= 11 is 0. The van der Waals surface area contributed by atoms with Gasteiger partial charge in [-0.1, -0.05) is 18.2 Å². The van der Waals surface area contributed by atoms with Crippen LogP contribution in [0.5, 0.6) is 0 Å². The minimum atomic E-state index is -2.90. The molecular formula is C22H23F3N4O2. The Morgan fingerprint density at radius 3 is 2.61 bits per heavy atom. The molecule has 1 aliphatic rings. The summed E-state index contributed by atoms with van der Waals surface area (Å²) in [6.45, 7) is 2.86. The Hall–Kier alpha value is -2.94. The molecule has 0 amide bonds. The third kappa shape index (κ3) is 4.01. The van der Waals surface area contributed by atoms with Crippen molar-refractivity contribution in [3.8, 4) is 0 Å². The van der Waals surface area contributed by atoms with E-state index in [0.717, 1.165) is 18.9 Å². The van der Waals surface area contributed by atoms with Gasteiger partial charge in [0.25, 0.3) is 12.0 Å². The van der Waals surface area contributed by atoms with Crippen molar-refractivity contribution in [1.29, 1.82) is 0 Å². The zero-order valence-corrected chi connectivity index (χ0v) is 17.2. The minimum Gasteiger partial charge on any atom is -0.381 e. The average Bonchev–Trinajstić information content (AvgIpc) is 2.77. The second kappa shape index (κ2) is 8.66. The predicted molar refractivity (Wildman–Crippen MR) is 111 cm³/mol. The molecule has 3 aromatic rings. The van der Waals surface area contributed by atoms with Crippen LogP contribution >= 0.6 is 0 Å². The number of nitrogens with one attached hydrogen (secondary N) is 1. The highest BCUT2D eigenvalue weighted by Gasteiger charge is 2.23. The molecule has 6 nitrogen and oxygen atoms in total. The Balaban J connectivity index is 1.75. The van der Waals surface area contributed by atoms with Crippen LogP contribution in [-0.4, -0.2) is 27.7 Å². The lowest BCUT2D eigenvalue weighted by Crippen LogP contribution is -2.27. The fourth-order valence-electron chi connectivity index (χ4n) is 4.06. The van der Waals surface area contributed by atoms with Crippen molar-refractivity contribution >= 4 is 16.9 Å². The van der Waals surface area contributed by atoms with Gasteiger partial charge >= 0.3 is 0 Å². The summed E-state index contributed by atoms with van der Waals surface area (Å²) in [6.07, 6.45) is -0.0846. The van der Waals surface area contributed by atoms with Gasteiger partial charge in [-0.2, -0.15) is 0 Å². The lowest BCUT2D eigenvalue weighted by Gasteiger charge is -2.23. The molecule has 3 heterocycles. The van der Waals surface area contributed by atoms with E-state index in [1.165, 1.54) is 23.0 Å². The standard InChI is InChI=1S/C22H23F3N4O2/c1-12(14-4-3-5-15(18(14)23)19(24)25)28-20-17-10-16(13-6-8-31-9-7-13)22(30)29(2)21(17)27-11-26-20/h3-5,10-13,19H,6-9H2,1-2H3,(H,26,27,28)/t12-/m1/s1. The predicted octanol–water partition coefficient (Wildman–Crippen LogP) is 4.47. The highest BCUT2D eigenvalue weighted by atomic mass is 19.3. The highest BCUT2D eigenvalue weighted by molar-refractivity contribution is 5.87. The Bertz CT molecular complexity index is 1160. The first-order valence-corrected chi connectivity index (χ1v) is 10.1. The first-order chi connectivity index (χ1) is 14.9. The molecular weight excluding hydrogens is 409 g/mol. The van der Waals surface area contributed by atoms with E-state index < -0.39 is 23.8 Å². The van der Waals surface area contributed by atoms with Gasteiger partial charge in [0.1, 0.15) is 23.6 Å². The van der Waals surface area contributed by atoms with E-state index in [9.17, 15) is 18.0 Å². The van der Waals surface area contributed by atoms with Gasteiger partial charge in [0.15, 0.2) is 0 Å². The number of alkyl halides is 2. The summed E-state index contributed by atoms with van der Waals surface area (Å²) < 4.78 is 47.7. The molecule has 1 aliphatic heterocycles. The number of aromatic nitrogens is 3. The van der Waals surface area contributed by atoms with Crippen molar-refractivity contribution in [1.82, 2.24) is 14.5 Å². The number of hydrogen-bond acceptors (Lipinski definition) is 5. The second-order valence-electron chi connectivity index (χ2n) is 7.73. The summed E-state index contributed by atoms with van der Waals surface area (Å²) in [4.78, 5) is 21.4. The van der Waals surface area contributed by atoms with Gasteiger partial charge in [-0.05, 0) is 31.7 Å². The van der Waals surface area contributed by atoms with E-state index >= 15 is 0 Å². The molecule has 4 rings (SSSR count). The molecule has 9 heteroatoms. The molecule has 0 bridgehead atoms. The van der Waals surface area contributed by atoms with Crippen molar-refractivity contribution in [2.75, 3.05) is 18.5 Å². The molecule has 1 saturated heterocycles. The van der Waals surface area contributed by atoms with E-state index in [2.05, 4.69) is 15.3 Å². The van der Waals surface area contributed by atoms with Crippen LogP contribution in [0.3, 0.4) is 0 Å². The van der Waals surface area contributed by atoms with Gasteiger partial charge in [-0.3, -0.25) is 9.36 Å². The monoisotopic (exact) mass is 432 g/mol. The molecule has 0 saturated carbocycles. The summed E-state index contributed by atoms with van der Waals surface area (Å²) in [6, 6.07) is 5.09. The average molecular weight is 432 g/mol. The minimum absolute atomic E-state index is 0.0718. The molecule has 0 aliphatic carbocycles. The van der Waals surface area contributed by atoms with Crippen LogP contribution in [0.15, 0.2) is 35.4 Å². The molecule has 0 radical (unpaired) electrons. The molecule has 0 spiro atoms. The second-order valence-corrected chi connectivity index (χ2v) is 7.73. The largest absolute Gasteiger partial charge is 0.381 e. The summed E-state index contributed by atoms with van der Waals surface area (Å²) in [7, 11) is 1.65. The van der Waals surface area contributed by atoms with Crippen LogP contribution in [0.4, 0.5) is 19.0 Å². The zero-order chi connectivity index (χ0) is 22.1. The maximum atomic E-state index is 14.6. The first kappa shape index (κ1) is 21.3. The topological polar surface area (TPSA) is 69.0 Å². The van der Waals surface area contributed by atoms with Gasteiger partial charge < -0.3 is 10.1 Å². The number of benzene rings is 1. The third-order valence-electron chi connectivity index (χ3n) is 5.81. The van der Waals surface area contributed by atoms with Crippen LogP contribution in [-0.2, 0) is 11.8 Å². The number of anilines is 1. The van der Waals surface area contributed by atoms with Gasteiger partial charge in [0.05, 0.1) is 17.0 Å². The smallest absolute Gasteiger partial charge is 0.266 e. The fourth-order valence-corrected chi connectivity index (χ4v) is 4.06. The molecule has 1 atom stereocenters. The lowest BCUT2D eigenvalue weighted by atomic mass is 9.92. The van der Waals surface area contributed by atoms with Crippen molar-refractivity contribution < 1.29 is 17.9 Å². The Labute approximate surface area is 177 Å². The van der Waals surface area contributed by atoms with Crippen molar-refractivity contribution in [3.05, 3.63) is 63.5 Å². The number of aryl methyl sites for hydroxylation is 1. The Morgan fingerprint density at radius 2 is 1.90 bits per heavy atom. The first-order valence-electron chi connectivity index (χ1n) is 10.1. The number of halogens is 3. The molecule has 1 N–H and O–H groups in total. The SMILES string of the molecule is C[C@@H](Nc1ncnc2c1cc(C1CCOCC1)c(=O)n2C)c1cccc(C(F)F)c1F. The quantitative estimate of drug-likeness (QED) is 0.644. The van der Waals surface area contributed by atoms with E-state index in [-0.39, 0.29) is 17.0 Å². The third-order valence-corrected chi connectivity index (χ3v) is 5.81. The van der Waals surface area contributed by atoms with Crippen LogP contribution in [0, 0.1) is 5.82 Å². The van der Waals surface area contributed by atoms with Gasteiger partial charge in [0.2, 0.25) is 0 Å². The molecule has 2 aromatic heterocycles. The van der Waals surface area contributed by atoms with Gasteiger partial charge in [-0.15, -0.1) is 0 Å². The lowest BCUT2D eigenvalue weighted by molar-refractivity contribution is 0.0850. The van der Waals surface area contributed by atoms with Crippen LogP contribution in [0.2, 0.25) is 0 Å². The van der Waals surface area contributed by atoms with Gasteiger partial charge in [-0.25, -0.2) is 23.1 Å². The molecule has 0 unspecified atom stereocenters. The number of hydrogen-bond donors (Lipinski definition) is 1. The number of fused-ring (bicyclic) bond motifs is 1. The van der Waals surface area contributed by atoms with Gasteiger partial charge in [0, 0.05) is 31.4 Å². The van der Waals surface area contributed by atoms with E-state index in [4.69, 9.17) is 4.74 Å². The summed E-state index contributed by atoms with van der Waals surface area (Å²) in [5, 5.41) is 3.72. The molecule has 1 aromatic carbocycles. The molecule has 31 heavy (non-hydrogen) atoms. The summed E-state index contributed by atoms with van der Waals surface area (Å²) in [5.41, 5.74) is 0.455. The van der Waals surface area contributed by atoms with E-state index in [1.54, 1.807) is 20.0 Å². The highest BCUT2D eigenvalue weighted by Crippen LogP contribution is 2.31. The number of nitrogens with zero attached hydrogens (tertiary/aromatic N) is 3. The number of pyridine rings is 1. The van der Waals surface area contributed by atoms with Crippen LogP contribution in [0.25, 0.3) is 11.0 Å². The van der Waals surface area contributed by atoms with E-state index in [1.807, 2.05) is 0 Å². The maximum Gasteiger partial charge on any atom is 0.266 e. The van der Waals surface area contributed by atoms with Crippen LogP contribution in [0.1, 0.15) is 54.8 Å². The molecule has 164 valence electrons. The van der Waals surface area contributed by atoms with Crippen molar-refractivity contribution in [2.24, 2.45) is 7.05 Å². The van der Waals surface area contributed by atoms with E-state index in [0.29, 0.717) is 35.6 Å². The number of ether oxygens (including phenoxy) is 1. The zero-order valence-electron chi connectivity index (χ0n) is 17.2. The molecule has 1 fully saturated rings. The van der Waals surface area contributed by atoms with Crippen molar-refractivity contribution in [3.63, 3.8) is 0 Å². The maximum absolute atomic E-state index is 14.6. The van der Waals surface area contributed by atoms with Crippen LogP contribution < -0.4 is 10.9 Å².